The molecule has 0 radical (unpaired) electrons. The second-order valence-electron chi connectivity index (χ2n) is 2.57. The molecule has 0 amide bonds. The predicted octanol–water partition coefficient (Wildman–Crippen LogP) is 1.40. The molecule has 0 saturated heterocycles. The molecule has 2 aromatic rings. The molecule has 0 unspecified atom stereocenters. The van der Waals surface area contributed by atoms with Gasteiger partial charge in [0.05, 0.1) is 18.0 Å². The zero-order chi connectivity index (χ0) is 8.39. The monoisotopic (exact) mass is 157 g/mol. The fourth-order valence-corrected chi connectivity index (χ4v) is 1.17. The summed E-state index contributed by atoms with van der Waals surface area (Å²) in [5, 5.41) is 12.5. The van der Waals surface area contributed by atoms with E-state index in [9.17, 15) is 0 Å². The van der Waals surface area contributed by atoms with E-state index in [1.165, 1.54) is 0 Å². The Kier molecular flexibility index (Phi) is 1.52. The van der Waals surface area contributed by atoms with Gasteiger partial charge in [-0.1, -0.05) is 0 Å². The van der Waals surface area contributed by atoms with Crippen molar-refractivity contribution in [1.82, 2.24) is 9.61 Å². The number of nitriles is 1. The summed E-state index contributed by atoms with van der Waals surface area (Å²) < 4.78 is 1.78. The maximum absolute atomic E-state index is 8.47. The van der Waals surface area contributed by atoms with Crippen LogP contribution in [0.25, 0.3) is 5.52 Å². The van der Waals surface area contributed by atoms with Crippen molar-refractivity contribution in [2.45, 2.75) is 6.42 Å². The molecule has 0 atom stereocenters. The van der Waals surface area contributed by atoms with Gasteiger partial charge in [0.25, 0.3) is 0 Å². The van der Waals surface area contributed by atoms with Gasteiger partial charge in [-0.05, 0) is 23.8 Å². The summed E-state index contributed by atoms with van der Waals surface area (Å²) in [6.45, 7) is 0. The molecule has 12 heavy (non-hydrogen) atoms. The highest BCUT2D eigenvalue weighted by molar-refractivity contribution is 5.47. The Hall–Kier alpha value is -1.82. The fraction of sp³-hybridized carbons (Fsp3) is 0.111. The minimum Gasteiger partial charge on any atom is -0.241 e. The molecule has 3 heteroatoms. The second-order valence-corrected chi connectivity index (χ2v) is 2.57. The summed E-state index contributed by atoms with van der Waals surface area (Å²) in [7, 11) is 0. The molecule has 2 aromatic heterocycles. The average molecular weight is 157 g/mol. The van der Waals surface area contributed by atoms with E-state index in [-0.39, 0.29) is 0 Å². The number of rotatable bonds is 1. The molecule has 3 nitrogen and oxygen atoms in total. The summed E-state index contributed by atoms with van der Waals surface area (Å²) in [5.41, 5.74) is 2.06. The van der Waals surface area contributed by atoms with Crippen LogP contribution in [-0.2, 0) is 6.42 Å². The van der Waals surface area contributed by atoms with Gasteiger partial charge in [-0.3, -0.25) is 0 Å². The number of fused-ring (bicyclic) bond motifs is 1. The van der Waals surface area contributed by atoms with Gasteiger partial charge in [0.15, 0.2) is 0 Å². The lowest BCUT2D eigenvalue weighted by Crippen LogP contribution is -1.88. The highest BCUT2D eigenvalue weighted by atomic mass is 15.2. The predicted molar refractivity (Wildman–Crippen MR) is 44.5 cm³/mol. The van der Waals surface area contributed by atoms with Crippen molar-refractivity contribution < 1.29 is 0 Å². The van der Waals surface area contributed by atoms with E-state index in [1.54, 1.807) is 10.7 Å². The first kappa shape index (κ1) is 6.86. The molecule has 58 valence electrons. The molecule has 0 N–H and O–H groups in total. The Labute approximate surface area is 69.9 Å². The quantitative estimate of drug-likeness (QED) is 0.627. The summed E-state index contributed by atoms with van der Waals surface area (Å²) in [5.74, 6) is 0. The SMILES string of the molecule is N#CCc1ccn2nccc2c1. The van der Waals surface area contributed by atoms with Crippen molar-refractivity contribution in [2.75, 3.05) is 0 Å². The van der Waals surface area contributed by atoms with Crippen LogP contribution in [0.2, 0.25) is 0 Å². The molecule has 0 fully saturated rings. The third-order valence-electron chi connectivity index (χ3n) is 1.75. The Morgan fingerprint density at radius 2 is 2.42 bits per heavy atom. The highest BCUT2D eigenvalue weighted by Gasteiger charge is 1.94. The summed E-state index contributed by atoms with van der Waals surface area (Å²) in [6, 6.07) is 7.90. The van der Waals surface area contributed by atoms with Crippen molar-refractivity contribution in [3.05, 3.63) is 36.2 Å². The molecular weight excluding hydrogens is 150 g/mol. The van der Waals surface area contributed by atoms with E-state index in [0.717, 1.165) is 11.1 Å². The Bertz CT molecular complexity index is 436. The molecule has 0 bridgehead atoms. The van der Waals surface area contributed by atoms with Crippen LogP contribution in [0, 0.1) is 11.3 Å². The van der Waals surface area contributed by atoms with Gasteiger partial charge in [-0.2, -0.15) is 10.4 Å². The summed E-state index contributed by atoms with van der Waals surface area (Å²) >= 11 is 0. The van der Waals surface area contributed by atoms with Gasteiger partial charge in [0.2, 0.25) is 0 Å². The van der Waals surface area contributed by atoms with E-state index in [4.69, 9.17) is 5.26 Å². The van der Waals surface area contributed by atoms with Crippen LogP contribution < -0.4 is 0 Å². The van der Waals surface area contributed by atoms with E-state index in [0.29, 0.717) is 6.42 Å². The van der Waals surface area contributed by atoms with Crippen LogP contribution in [0.15, 0.2) is 30.6 Å². The van der Waals surface area contributed by atoms with E-state index < -0.39 is 0 Å². The third kappa shape index (κ3) is 1.04. The molecular formula is C9H7N3. The lowest BCUT2D eigenvalue weighted by atomic mass is 10.2. The zero-order valence-corrected chi connectivity index (χ0v) is 6.44. The molecule has 0 spiro atoms. The maximum atomic E-state index is 8.47. The van der Waals surface area contributed by atoms with Crippen LogP contribution in [0.3, 0.4) is 0 Å². The minimum atomic E-state index is 0.460. The third-order valence-corrected chi connectivity index (χ3v) is 1.75. The number of aromatic nitrogens is 2. The van der Waals surface area contributed by atoms with Crippen molar-refractivity contribution in [3.63, 3.8) is 0 Å². The van der Waals surface area contributed by atoms with E-state index in [1.807, 2.05) is 24.4 Å². The van der Waals surface area contributed by atoms with Gasteiger partial charge in [0, 0.05) is 12.4 Å². The van der Waals surface area contributed by atoms with Crippen molar-refractivity contribution >= 4 is 5.52 Å². The first-order valence-corrected chi connectivity index (χ1v) is 3.69. The highest BCUT2D eigenvalue weighted by Crippen LogP contribution is 2.06. The molecule has 2 heterocycles. The molecule has 0 aliphatic heterocycles. The summed E-state index contributed by atoms with van der Waals surface area (Å²) in [4.78, 5) is 0. The average Bonchev–Trinajstić information content (AvgIpc) is 2.51. The largest absolute Gasteiger partial charge is 0.241 e. The number of pyridine rings is 1. The van der Waals surface area contributed by atoms with Gasteiger partial charge in [-0.25, -0.2) is 4.52 Å². The Balaban J connectivity index is 2.54. The van der Waals surface area contributed by atoms with Crippen LogP contribution in [0.5, 0.6) is 0 Å². The number of hydrogen-bond donors (Lipinski definition) is 0. The van der Waals surface area contributed by atoms with Gasteiger partial charge in [-0.15, -0.1) is 0 Å². The number of nitrogens with zero attached hydrogens (tertiary/aromatic N) is 3. The van der Waals surface area contributed by atoms with Gasteiger partial charge in [0.1, 0.15) is 0 Å². The van der Waals surface area contributed by atoms with Crippen molar-refractivity contribution in [1.29, 1.82) is 5.26 Å². The molecule has 0 saturated carbocycles. The zero-order valence-electron chi connectivity index (χ0n) is 6.44. The minimum absolute atomic E-state index is 0.460. The molecule has 2 rings (SSSR count). The standard InChI is InChI=1S/C9H7N3/c10-4-1-8-3-6-12-9(7-8)2-5-11-12/h2-3,5-7H,1H2. The molecule has 0 aliphatic carbocycles. The van der Waals surface area contributed by atoms with Gasteiger partial charge >= 0.3 is 0 Å². The van der Waals surface area contributed by atoms with E-state index >= 15 is 0 Å². The molecule has 0 aliphatic rings. The Morgan fingerprint density at radius 3 is 3.25 bits per heavy atom. The Morgan fingerprint density at radius 1 is 1.50 bits per heavy atom. The number of hydrogen-bond acceptors (Lipinski definition) is 2. The van der Waals surface area contributed by atoms with Crippen LogP contribution in [-0.4, -0.2) is 9.61 Å². The van der Waals surface area contributed by atoms with Crippen LogP contribution in [0.4, 0.5) is 0 Å². The fourth-order valence-electron chi connectivity index (χ4n) is 1.17. The van der Waals surface area contributed by atoms with Crippen molar-refractivity contribution in [2.24, 2.45) is 0 Å². The first-order chi connectivity index (χ1) is 5.90. The van der Waals surface area contributed by atoms with E-state index in [2.05, 4.69) is 11.2 Å². The normalized spacial score (nSPS) is 9.92. The maximum Gasteiger partial charge on any atom is 0.0669 e. The lowest BCUT2D eigenvalue weighted by molar-refractivity contribution is 0.955. The molecule has 0 aromatic carbocycles. The van der Waals surface area contributed by atoms with Crippen LogP contribution in [0.1, 0.15) is 5.56 Å². The smallest absolute Gasteiger partial charge is 0.0669 e. The lowest BCUT2D eigenvalue weighted by Gasteiger charge is -1.95. The topological polar surface area (TPSA) is 41.1 Å². The van der Waals surface area contributed by atoms with Gasteiger partial charge < -0.3 is 0 Å². The van der Waals surface area contributed by atoms with Crippen molar-refractivity contribution in [3.8, 4) is 6.07 Å². The van der Waals surface area contributed by atoms with Crippen LogP contribution >= 0.6 is 0 Å². The first-order valence-electron chi connectivity index (χ1n) is 3.69. The summed E-state index contributed by atoms with van der Waals surface area (Å²) in [6.07, 6.45) is 4.06. The second kappa shape index (κ2) is 2.67.